The summed E-state index contributed by atoms with van der Waals surface area (Å²) in [5, 5.41) is 2.22. The molecule has 0 atom stereocenters. The third-order valence-electron chi connectivity index (χ3n) is 5.29. The molecule has 4 aromatic rings. The molecule has 0 aliphatic carbocycles. The summed E-state index contributed by atoms with van der Waals surface area (Å²) in [6.45, 7) is 3.52. The van der Waals surface area contributed by atoms with Crippen molar-refractivity contribution in [2.45, 2.75) is 13.8 Å². The predicted molar refractivity (Wildman–Crippen MR) is 124 cm³/mol. The highest BCUT2D eigenvalue weighted by molar-refractivity contribution is 5.99. The van der Waals surface area contributed by atoms with E-state index in [9.17, 15) is 8.78 Å². The Bertz CT molecular complexity index is 1180. The average Bonchev–Trinajstić information content (AvgIpc) is 2.75. The summed E-state index contributed by atoms with van der Waals surface area (Å²) >= 11 is 0. The molecule has 0 saturated carbocycles. The number of rotatable bonds is 4. The van der Waals surface area contributed by atoms with E-state index in [4.69, 9.17) is 0 Å². The van der Waals surface area contributed by atoms with Crippen molar-refractivity contribution in [2.24, 2.45) is 0 Å². The molecule has 2 heteroatoms. The first kappa shape index (κ1) is 19.8. The second kappa shape index (κ2) is 8.46. The van der Waals surface area contributed by atoms with Crippen molar-refractivity contribution in [3.63, 3.8) is 0 Å². The molecule has 0 saturated heterocycles. The van der Waals surface area contributed by atoms with Gasteiger partial charge < -0.3 is 0 Å². The summed E-state index contributed by atoms with van der Waals surface area (Å²) in [7, 11) is 0. The lowest BCUT2D eigenvalue weighted by Gasteiger charge is -2.07. The van der Waals surface area contributed by atoms with Gasteiger partial charge in [0.25, 0.3) is 0 Å². The van der Waals surface area contributed by atoms with Gasteiger partial charge in [-0.1, -0.05) is 85.0 Å². The highest BCUT2D eigenvalue weighted by atomic mass is 19.1. The van der Waals surface area contributed by atoms with Crippen LogP contribution in [0.5, 0.6) is 0 Å². The number of benzene rings is 4. The Hall–Kier alpha value is -3.52. The molecular formula is C28H22F2. The molecule has 148 valence electrons. The lowest BCUT2D eigenvalue weighted by Crippen LogP contribution is -1.85. The van der Waals surface area contributed by atoms with E-state index in [1.165, 1.54) is 0 Å². The summed E-state index contributed by atoms with van der Waals surface area (Å²) in [5.41, 5.74) is 5.06. The van der Waals surface area contributed by atoms with Crippen LogP contribution in [0.2, 0.25) is 0 Å². The Kier molecular flexibility index (Phi) is 5.58. The number of halogens is 2. The van der Waals surface area contributed by atoms with Gasteiger partial charge in [0.05, 0.1) is 0 Å². The van der Waals surface area contributed by atoms with Crippen molar-refractivity contribution < 1.29 is 8.78 Å². The molecule has 0 radical (unpaired) electrons. The van der Waals surface area contributed by atoms with Crippen molar-refractivity contribution in [1.29, 1.82) is 0 Å². The normalized spacial score (nSPS) is 11.7. The molecule has 0 heterocycles. The SMILES string of the molecule is Cc1ccc(C=Cc2ccc(C=Cc3ccc(C)c(F)c3)c3ccccc23)cc1F. The predicted octanol–water partition coefficient (Wildman–Crippen LogP) is 8.08. The molecule has 0 amide bonds. The fourth-order valence-electron chi connectivity index (χ4n) is 3.43. The maximum absolute atomic E-state index is 13.8. The standard InChI is InChI=1S/C28H22F2/c1-19-7-9-21(17-27(19)29)11-13-23-15-16-24(26-6-4-3-5-25(23)26)14-12-22-10-8-20(2)28(30)18-22/h3-18H,1-2H3. The molecule has 0 aliphatic rings. The topological polar surface area (TPSA) is 0 Å². The first-order valence-electron chi connectivity index (χ1n) is 9.91. The van der Waals surface area contributed by atoms with E-state index in [0.29, 0.717) is 11.1 Å². The van der Waals surface area contributed by atoms with Gasteiger partial charge in [-0.2, -0.15) is 0 Å². The highest BCUT2D eigenvalue weighted by Gasteiger charge is 2.03. The zero-order valence-electron chi connectivity index (χ0n) is 17.0. The van der Waals surface area contributed by atoms with Crippen LogP contribution in [0, 0.1) is 25.5 Å². The summed E-state index contributed by atoms with van der Waals surface area (Å²) in [4.78, 5) is 0. The van der Waals surface area contributed by atoms with Gasteiger partial charge in [-0.15, -0.1) is 0 Å². The van der Waals surface area contributed by atoms with Crippen LogP contribution in [0.25, 0.3) is 35.1 Å². The Morgan fingerprint density at radius 1 is 0.533 bits per heavy atom. The lowest BCUT2D eigenvalue weighted by molar-refractivity contribution is 0.618. The van der Waals surface area contributed by atoms with Gasteiger partial charge in [-0.25, -0.2) is 8.78 Å². The van der Waals surface area contributed by atoms with Crippen LogP contribution in [0.3, 0.4) is 0 Å². The fourth-order valence-corrected chi connectivity index (χ4v) is 3.43. The lowest BCUT2D eigenvalue weighted by atomic mass is 9.98. The molecule has 0 aliphatic heterocycles. The van der Waals surface area contributed by atoms with Crippen LogP contribution in [-0.4, -0.2) is 0 Å². The van der Waals surface area contributed by atoms with Crippen LogP contribution < -0.4 is 0 Å². The molecule has 0 unspecified atom stereocenters. The summed E-state index contributed by atoms with van der Waals surface area (Å²) in [5.74, 6) is -0.398. The summed E-state index contributed by atoms with van der Waals surface area (Å²) in [6.07, 6.45) is 7.87. The van der Waals surface area contributed by atoms with E-state index in [2.05, 4.69) is 24.3 Å². The van der Waals surface area contributed by atoms with Gasteiger partial charge >= 0.3 is 0 Å². The minimum absolute atomic E-state index is 0.199. The smallest absolute Gasteiger partial charge is 0.126 e. The van der Waals surface area contributed by atoms with Gasteiger partial charge in [-0.3, -0.25) is 0 Å². The maximum atomic E-state index is 13.8. The zero-order chi connectivity index (χ0) is 21.1. The van der Waals surface area contributed by atoms with Crippen LogP contribution >= 0.6 is 0 Å². The minimum atomic E-state index is -0.199. The maximum Gasteiger partial charge on any atom is 0.126 e. The third kappa shape index (κ3) is 4.23. The Morgan fingerprint density at radius 3 is 1.37 bits per heavy atom. The Morgan fingerprint density at radius 2 is 0.967 bits per heavy atom. The molecule has 0 N–H and O–H groups in total. The van der Waals surface area contributed by atoms with E-state index in [-0.39, 0.29) is 11.6 Å². The molecule has 0 nitrogen and oxygen atoms in total. The van der Waals surface area contributed by atoms with E-state index in [1.807, 2.05) is 48.6 Å². The largest absolute Gasteiger partial charge is 0.207 e. The van der Waals surface area contributed by atoms with Crippen molar-refractivity contribution in [3.05, 3.63) is 118 Å². The second-order valence-electron chi connectivity index (χ2n) is 7.47. The van der Waals surface area contributed by atoms with Gasteiger partial charge in [0.2, 0.25) is 0 Å². The first-order valence-corrected chi connectivity index (χ1v) is 9.91. The highest BCUT2D eigenvalue weighted by Crippen LogP contribution is 2.26. The number of aryl methyl sites for hydroxylation is 2. The van der Waals surface area contributed by atoms with Crippen molar-refractivity contribution >= 4 is 35.1 Å². The van der Waals surface area contributed by atoms with Crippen LogP contribution in [0.1, 0.15) is 33.4 Å². The quantitative estimate of drug-likeness (QED) is 0.306. The molecule has 30 heavy (non-hydrogen) atoms. The van der Waals surface area contributed by atoms with E-state index >= 15 is 0 Å². The number of fused-ring (bicyclic) bond motifs is 1. The van der Waals surface area contributed by atoms with Gasteiger partial charge in [0.1, 0.15) is 11.6 Å². The average molecular weight is 396 g/mol. The molecule has 0 aromatic heterocycles. The molecule has 4 aromatic carbocycles. The molecule has 0 bridgehead atoms. The molecule has 0 spiro atoms. The minimum Gasteiger partial charge on any atom is -0.207 e. The van der Waals surface area contributed by atoms with E-state index in [0.717, 1.165) is 33.0 Å². The monoisotopic (exact) mass is 396 g/mol. The van der Waals surface area contributed by atoms with Crippen LogP contribution in [0.15, 0.2) is 72.8 Å². The van der Waals surface area contributed by atoms with Crippen molar-refractivity contribution in [3.8, 4) is 0 Å². The summed E-state index contributed by atoms with van der Waals surface area (Å²) in [6, 6.07) is 22.8. The zero-order valence-corrected chi connectivity index (χ0v) is 17.0. The van der Waals surface area contributed by atoms with Gasteiger partial charge in [0.15, 0.2) is 0 Å². The Labute approximate surface area is 175 Å². The molecule has 4 rings (SSSR count). The molecular weight excluding hydrogens is 374 g/mol. The van der Waals surface area contributed by atoms with Gasteiger partial charge in [0, 0.05) is 0 Å². The summed E-state index contributed by atoms with van der Waals surface area (Å²) < 4.78 is 27.6. The Balaban J connectivity index is 1.69. The van der Waals surface area contributed by atoms with Gasteiger partial charge in [-0.05, 0) is 70.1 Å². The number of hydrogen-bond acceptors (Lipinski definition) is 0. The second-order valence-corrected chi connectivity index (χ2v) is 7.47. The van der Waals surface area contributed by atoms with Crippen LogP contribution in [-0.2, 0) is 0 Å². The fraction of sp³-hybridized carbons (Fsp3) is 0.0714. The van der Waals surface area contributed by atoms with Crippen molar-refractivity contribution in [1.82, 2.24) is 0 Å². The van der Waals surface area contributed by atoms with Crippen LogP contribution in [0.4, 0.5) is 8.78 Å². The molecule has 0 fully saturated rings. The van der Waals surface area contributed by atoms with E-state index < -0.39 is 0 Å². The first-order chi connectivity index (χ1) is 14.5. The van der Waals surface area contributed by atoms with E-state index in [1.54, 1.807) is 38.1 Å². The van der Waals surface area contributed by atoms with Crippen molar-refractivity contribution in [2.75, 3.05) is 0 Å². The number of hydrogen-bond donors (Lipinski definition) is 0. The third-order valence-corrected chi connectivity index (χ3v) is 5.29.